The summed E-state index contributed by atoms with van der Waals surface area (Å²) < 4.78 is 5.08. The summed E-state index contributed by atoms with van der Waals surface area (Å²) in [5.74, 6) is 0. The SMILES string of the molecule is Brc1ccc(-n2cnc(Cn3ccnc3)c2)cc1.Cl.Cl. The lowest BCUT2D eigenvalue weighted by molar-refractivity contribution is 0.778. The molecule has 4 nitrogen and oxygen atoms in total. The van der Waals surface area contributed by atoms with Crippen LogP contribution in [-0.2, 0) is 6.54 Å². The number of hydrogen-bond donors (Lipinski definition) is 0. The van der Waals surface area contributed by atoms with E-state index in [-0.39, 0.29) is 24.8 Å². The second kappa shape index (κ2) is 7.47. The van der Waals surface area contributed by atoms with Gasteiger partial charge in [-0.25, -0.2) is 9.97 Å². The lowest BCUT2D eigenvalue weighted by Gasteiger charge is -2.01. The fraction of sp³-hybridized carbons (Fsp3) is 0.0769. The maximum atomic E-state index is 4.39. The maximum Gasteiger partial charge on any atom is 0.0996 e. The average molecular weight is 376 g/mol. The van der Waals surface area contributed by atoms with E-state index >= 15 is 0 Å². The number of aromatic nitrogens is 4. The van der Waals surface area contributed by atoms with Gasteiger partial charge in [-0.15, -0.1) is 24.8 Å². The second-order valence-corrected chi connectivity index (χ2v) is 4.90. The molecule has 0 unspecified atom stereocenters. The van der Waals surface area contributed by atoms with Gasteiger partial charge in [0.2, 0.25) is 0 Å². The molecule has 3 aromatic rings. The van der Waals surface area contributed by atoms with Crippen molar-refractivity contribution in [1.82, 2.24) is 19.1 Å². The summed E-state index contributed by atoms with van der Waals surface area (Å²) in [7, 11) is 0. The molecule has 0 spiro atoms. The third-order valence-corrected chi connectivity index (χ3v) is 3.19. The fourth-order valence-corrected chi connectivity index (χ4v) is 2.03. The molecule has 20 heavy (non-hydrogen) atoms. The summed E-state index contributed by atoms with van der Waals surface area (Å²) in [4.78, 5) is 8.41. The molecule has 0 radical (unpaired) electrons. The first kappa shape index (κ1) is 16.8. The molecule has 0 amide bonds. The van der Waals surface area contributed by atoms with Gasteiger partial charge in [0.15, 0.2) is 0 Å². The van der Waals surface area contributed by atoms with Crippen molar-refractivity contribution in [3.05, 3.63) is 65.7 Å². The summed E-state index contributed by atoms with van der Waals surface area (Å²) in [5, 5.41) is 0. The van der Waals surface area contributed by atoms with Gasteiger partial charge in [-0.1, -0.05) is 15.9 Å². The molecule has 0 bridgehead atoms. The van der Waals surface area contributed by atoms with Crippen molar-refractivity contribution in [1.29, 1.82) is 0 Å². The number of halogens is 3. The van der Waals surface area contributed by atoms with Crippen molar-refractivity contribution in [2.24, 2.45) is 0 Å². The van der Waals surface area contributed by atoms with E-state index in [1.165, 1.54) is 0 Å². The lowest BCUT2D eigenvalue weighted by atomic mass is 10.3. The van der Waals surface area contributed by atoms with Crippen LogP contribution in [0.4, 0.5) is 0 Å². The molecule has 0 fully saturated rings. The molecule has 0 aliphatic carbocycles. The monoisotopic (exact) mass is 374 g/mol. The van der Waals surface area contributed by atoms with E-state index in [4.69, 9.17) is 0 Å². The molecule has 2 heterocycles. The van der Waals surface area contributed by atoms with Gasteiger partial charge in [0.25, 0.3) is 0 Å². The second-order valence-electron chi connectivity index (χ2n) is 3.98. The minimum Gasteiger partial charge on any atom is -0.331 e. The van der Waals surface area contributed by atoms with Crippen LogP contribution in [0.3, 0.4) is 0 Å². The molecular weight excluding hydrogens is 363 g/mol. The van der Waals surface area contributed by atoms with E-state index in [9.17, 15) is 0 Å². The Hall–Kier alpha value is -1.30. The summed E-state index contributed by atoms with van der Waals surface area (Å²) in [6, 6.07) is 8.13. The van der Waals surface area contributed by atoms with Gasteiger partial charge in [0.1, 0.15) is 0 Å². The topological polar surface area (TPSA) is 35.6 Å². The van der Waals surface area contributed by atoms with Gasteiger partial charge in [-0.05, 0) is 24.3 Å². The molecule has 7 heteroatoms. The largest absolute Gasteiger partial charge is 0.331 e. The molecule has 2 aromatic heterocycles. The smallest absolute Gasteiger partial charge is 0.0996 e. The van der Waals surface area contributed by atoms with Gasteiger partial charge >= 0.3 is 0 Å². The van der Waals surface area contributed by atoms with Crippen molar-refractivity contribution in [3.8, 4) is 5.69 Å². The quantitative estimate of drug-likeness (QED) is 0.699. The zero-order valence-electron chi connectivity index (χ0n) is 10.4. The Bertz CT molecular complexity index is 635. The molecule has 0 aliphatic rings. The van der Waals surface area contributed by atoms with E-state index in [1.54, 1.807) is 12.5 Å². The molecule has 106 valence electrons. The Morgan fingerprint density at radius 3 is 2.45 bits per heavy atom. The summed E-state index contributed by atoms with van der Waals surface area (Å²) in [5.41, 5.74) is 2.11. The molecular formula is C13H13BrCl2N4. The number of nitrogens with zero attached hydrogens (tertiary/aromatic N) is 4. The van der Waals surface area contributed by atoms with Gasteiger partial charge < -0.3 is 9.13 Å². The third kappa shape index (κ3) is 3.85. The zero-order chi connectivity index (χ0) is 12.4. The van der Waals surface area contributed by atoms with Crippen LogP contribution in [0, 0.1) is 0 Å². The van der Waals surface area contributed by atoms with E-state index in [0.717, 1.165) is 22.4 Å². The summed E-state index contributed by atoms with van der Waals surface area (Å²) in [6.07, 6.45) is 9.35. The van der Waals surface area contributed by atoms with Crippen LogP contribution >= 0.6 is 40.7 Å². The van der Waals surface area contributed by atoms with E-state index in [0.29, 0.717) is 0 Å². The average Bonchev–Trinajstić information content (AvgIpc) is 3.02. The minimum absolute atomic E-state index is 0. The predicted molar refractivity (Wildman–Crippen MR) is 87.1 cm³/mol. The number of rotatable bonds is 3. The molecule has 0 atom stereocenters. The van der Waals surface area contributed by atoms with Crippen LogP contribution in [0.5, 0.6) is 0 Å². The van der Waals surface area contributed by atoms with Crippen LogP contribution < -0.4 is 0 Å². The Kier molecular flexibility index (Phi) is 6.26. The summed E-state index contributed by atoms with van der Waals surface area (Å²) in [6.45, 7) is 0.740. The highest BCUT2D eigenvalue weighted by Crippen LogP contribution is 2.14. The fourth-order valence-electron chi connectivity index (χ4n) is 1.77. The van der Waals surface area contributed by atoms with Crippen molar-refractivity contribution in [3.63, 3.8) is 0 Å². The van der Waals surface area contributed by atoms with Crippen molar-refractivity contribution in [2.75, 3.05) is 0 Å². The molecule has 1 aromatic carbocycles. The van der Waals surface area contributed by atoms with Crippen molar-refractivity contribution < 1.29 is 0 Å². The molecule has 0 saturated heterocycles. The highest BCUT2D eigenvalue weighted by atomic mass is 79.9. The Labute approximate surface area is 137 Å². The third-order valence-electron chi connectivity index (χ3n) is 2.66. The maximum absolute atomic E-state index is 4.39. The molecule has 0 N–H and O–H groups in total. The standard InChI is InChI=1S/C13H11BrN4.2ClH/c14-11-1-3-13(4-2-11)18-8-12(16-10-18)7-17-6-5-15-9-17;;/h1-6,8-10H,7H2;2*1H. The van der Waals surface area contributed by atoms with Gasteiger partial charge in [0, 0.05) is 28.8 Å². The number of benzene rings is 1. The first-order valence-corrected chi connectivity index (χ1v) is 6.35. The molecule has 0 aliphatic heterocycles. The van der Waals surface area contributed by atoms with Crippen LogP contribution in [0.15, 0.2) is 60.0 Å². The molecule has 0 saturated carbocycles. The highest BCUT2D eigenvalue weighted by Gasteiger charge is 2.01. The van der Waals surface area contributed by atoms with Gasteiger partial charge in [0.05, 0.1) is 24.9 Å². The number of imidazole rings is 2. The molecule has 3 rings (SSSR count). The summed E-state index contributed by atoms with van der Waals surface area (Å²) >= 11 is 3.43. The Morgan fingerprint density at radius 1 is 1.05 bits per heavy atom. The Balaban J connectivity index is 0.000001000. The van der Waals surface area contributed by atoms with Crippen LogP contribution in [0.1, 0.15) is 5.69 Å². The van der Waals surface area contributed by atoms with Crippen molar-refractivity contribution >= 4 is 40.7 Å². The lowest BCUT2D eigenvalue weighted by Crippen LogP contribution is -1.96. The van der Waals surface area contributed by atoms with Gasteiger partial charge in [-0.2, -0.15) is 0 Å². The first-order valence-electron chi connectivity index (χ1n) is 5.56. The van der Waals surface area contributed by atoms with Crippen molar-refractivity contribution in [2.45, 2.75) is 6.54 Å². The first-order chi connectivity index (χ1) is 8.81. The van der Waals surface area contributed by atoms with Crippen LogP contribution in [-0.4, -0.2) is 19.1 Å². The van der Waals surface area contributed by atoms with Gasteiger partial charge in [-0.3, -0.25) is 0 Å². The predicted octanol–water partition coefficient (Wildman–Crippen LogP) is 3.72. The zero-order valence-corrected chi connectivity index (χ0v) is 13.6. The Morgan fingerprint density at radius 2 is 1.80 bits per heavy atom. The van der Waals surface area contributed by atoms with E-state index < -0.39 is 0 Å². The van der Waals surface area contributed by atoms with E-state index in [2.05, 4.69) is 25.9 Å². The normalized spacial score (nSPS) is 9.65. The van der Waals surface area contributed by atoms with Crippen LogP contribution in [0.25, 0.3) is 5.69 Å². The minimum atomic E-state index is 0. The van der Waals surface area contributed by atoms with Crippen LogP contribution in [0.2, 0.25) is 0 Å². The van der Waals surface area contributed by atoms with E-state index in [1.807, 2.05) is 52.1 Å². The number of hydrogen-bond acceptors (Lipinski definition) is 2. The highest BCUT2D eigenvalue weighted by molar-refractivity contribution is 9.10.